The monoisotopic (exact) mass is 608 g/mol. The van der Waals surface area contributed by atoms with Crippen LogP contribution in [0.1, 0.15) is 70.6 Å². The molecule has 1 saturated carbocycles. The van der Waals surface area contributed by atoms with Gasteiger partial charge in [0, 0.05) is 18.4 Å². The van der Waals surface area contributed by atoms with Crippen molar-refractivity contribution < 1.29 is 23.5 Å². The number of carbonyl (C=O) groups excluding carboxylic acids is 2. The van der Waals surface area contributed by atoms with Crippen molar-refractivity contribution >= 4 is 33.2 Å². The molecule has 43 heavy (non-hydrogen) atoms. The number of hydrogen-bond acceptors (Lipinski definition) is 9. The van der Waals surface area contributed by atoms with Crippen LogP contribution in [-0.4, -0.2) is 38.0 Å². The molecule has 1 aliphatic carbocycles. The van der Waals surface area contributed by atoms with Gasteiger partial charge in [0.25, 0.3) is 5.56 Å². The number of aryl methyl sites for hydroxylation is 1. The summed E-state index contributed by atoms with van der Waals surface area (Å²) in [7, 11) is 0. The minimum Gasteiger partial charge on any atom is -0.491 e. The molecule has 1 fully saturated rings. The molecular weight excluding hydrogens is 572 g/mol. The van der Waals surface area contributed by atoms with Gasteiger partial charge in [0.1, 0.15) is 34.3 Å². The maximum absolute atomic E-state index is 14.3. The van der Waals surface area contributed by atoms with Crippen molar-refractivity contribution in [2.75, 3.05) is 0 Å². The van der Waals surface area contributed by atoms with Crippen molar-refractivity contribution in [1.82, 2.24) is 14.1 Å². The first-order chi connectivity index (χ1) is 20.4. The average molecular weight is 609 g/mol. The number of ketones is 1. The summed E-state index contributed by atoms with van der Waals surface area (Å²) in [6.45, 7) is 8.50. The molecular formula is C31H36N4O7S. The van der Waals surface area contributed by atoms with Crippen molar-refractivity contribution in [3.63, 3.8) is 0 Å². The number of aromatic nitrogens is 3. The zero-order valence-corrected chi connectivity index (χ0v) is 25.7. The van der Waals surface area contributed by atoms with E-state index in [1.807, 2.05) is 38.1 Å². The third-order valence-electron chi connectivity index (χ3n) is 7.83. The zero-order chi connectivity index (χ0) is 31.1. The molecule has 1 aliphatic rings. The quantitative estimate of drug-likeness (QED) is 0.277. The van der Waals surface area contributed by atoms with Gasteiger partial charge >= 0.3 is 5.69 Å². The van der Waals surface area contributed by atoms with Crippen molar-refractivity contribution in [2.24, 2.45) is 5.73 Å². The van der Waals surface area contributed by atoms with Gasteiger partial charge < -0.3 is 19.6 Å². The van der Waals surface area contributed by atoms with Gasteiger partial charge in [-0.05, 0) is 59.1 Å². The predicted molar refractivity (Wildman–Crippen MR) is 162 cm³/mol. The van der Waals surface area contributed by atoms with Crippen LogP contribution in [0.2, 0.25) is 0 Å². The molecule has 2 N–H and O–H groups in total. The first-order valence-electron chi connectivity index (χ1n) is 14.3. The maximum Gasteiger partial charge on any atom is 0.333 e. The average Bonchev–Trinajstić information content (AvgIpc) is 3.59. The summed E-state index contributed by atoms with van der Waals surface area (Å²) in [5, 5.41) is 0.265. The lowest BCUT2D eigenvalue weighted by molar-refractivity contribution is -0.126. The summed E-state index contributed by atoms with van der Waals surface area (Å²) in [6.07, 6.45) is 3.88. The Labute approximate surface area is 252 Å². The number of Topliss-reactive ketones (excluding diaryl/α,β-unsaturated/α-hetero) is 1. The van der Waals surface area contributed by atoms with Gasteiger partial charge in [0.2, 0.25) is 11.8 Å². The lowest BCUT2D eigenvalue weighted by Crippen LogP contribution is -2.54. The third kappa shape index (κ3) is 5.81. The lowest BCUT2D eigenvalue weighted by Gasteiger charge is -2.30. The second-order valence-corrected chi connectivity index (χ2v) is 12.6. The molecule has 12 heteroatoms. The molecule has 0 bridgehead atoms. The molecule has 228 valence electrons. The normalized spacial score (nSPS) is 15.3. The zero-order valence-electron chi connectivity index (χ0n) is 24.9. The van der Waals surface area contributed by atoms with Gasteiger partial charge in [-0.15, -0.1) is 11.3 Å². The summed E-state index contributed by atoms with van der Waals surface area (Å²) in [6, 6.07) is 7.47. The molecule has 0 saturated heterocycles. The van der Waals surface area contributed by atoms with Gasteiger partial charge in [-0.3, -0.25) is 19.0 Å². The number of benzene rings is 1. The first-order valence-corrected chi connectivity index (χ1v) is 15.1. The second-order valence-electron chi connectivity index (χ2n) is 11.6. The van der Waals surface area contributed by atoms with E-state index in [0.29, 0.717) is 52.6 Å². The van der Waals surface area contributed by atoms with E-state index in [2.05, 4.69) is 4.98 Å². The molecule has 1 amide bonds. The third-order valence-corrected chi connectivity index (χ3v) is 9.13. The van der Waals surface area contributed by atoms with Gasteiger partial charge in [0.15, 0.2) is 0 Å². The molecule has 1 aromatic carbocycles. The van der Waals surface area contributed by atoms with Crippen LogP contribution >= 0.6 is 11.3 Å². The number of oxazole rings is 1. The molecule has 0 aliphatic heterocycles. The fourth-order valence-electron chi connectivity index (χ4n) is 5.42. The highest BCUT2D eigenvalue weighted by Crippen LogP contribution is 2.38. The number of ether oxygens (including phenoxy) is 2. The van der Waals surface area contributed by atoms with E-state index in [-0.39, 0.29) is 29.9 Å². The Morgan fingerprint density at radius 1 is 1.19 bits per heavy atom. The Balaban J connectivity index is 1.74. The van der Waals surface area contributed by atoms with Gasteiger partial charge in [-0.25, -0.2) is 14.3 Å². The predicted octanol–water partition coefficient (Wildman–Crippen LogP) is 4.47. The number of rotatable bonds is 10. The standard InChI is InChI=1S/C31H36N4O7S/c1-17(2)41-22-9-7-6-8-21(22)23(42-20-12-10-19(36)11-13-20)16-34-28-24(18(3)25(43-28)26-33-14-15-40-26)27(37)35(30(34)39)31(4,5)29(32)38/h6-9,14-15,17,20,23H,10-13,16H2,1-5H3,(H2,32,38)/t23-/m0/s1. The first kappa shape index (κ1) is 30.4. The molecule has 1 atom stereocenters. The summed E-state index contributed by atoms with van der Waals surface area (Å²) >= 11 is 1.21. The topological polar surface area (TPSA) is 149 Å². The Bertz CT molecular complexity index is 1770. The summed E-state index contributed by atoms with van der Waals surface area (Å²) in [5.41, 5.74) is 4.06. The van der Waals surface area contributed by atoms with Gasteiger partial charge in [-0.2, -0.15) is 0 Å². The number of hydrogen-bond donors (Lipinski definition) is 1. The minimum atomic E-state index is -1.62. The van der Waals surface area contributed by atoms with E-state index in [0.717, 1.165) is 10.1 Å². The van der Waals surface area contributed by atoms with Crippen LogP contribution in [0.3, 0.4) is 0 Å². The number of primary amides is 1. The van der Waals surface area contributed by atoms with E-state index >= 15 is 0 Å². The summed E-state index contributed by atoms with van der Waals surface area (Å²) in [5.74, 6) is 0.293. The molecule has 5 rings (SSSR count). The van der Waals surface area contributed by atoms with Crippen LogP contribution in [0.5, 0.6) is 5.75 Å². The molecule has 3 aromatic heterocycles. The molecule has 11 nitrogen and oxygen atoms in total. The summed E-state index contributed by atoms with van der Waals surface area (Å²) in [4.78, 5) is 58.0. The van der Waals surface area contributed by atoms with Crippen LogP contribution in [0.15, 0.2) is 50.7 Å². The number of nitrogens with zero attached hydrogens (tertiary/aromatic N) is 3. The number of amides is 1. The van der Waals surface area contributed by atoms with E-state index < -0.39 is 28.8 Å². The molecule has 4 aromatic rings. The largest absolute Gasteiger partial charge is 0.491 e. The number of carbonyl (C=O) groups is 2. The second kappa shape index (κ2) is 11.9. The van der Waals surface area contributed by atoms with Crippen molar-refractivity contribution in [3.05, 3.63) is 68.7 Å². The maximum atomic E-state index is 14.3. The molecule has 0 radical (unpaired) electrons. The minimum absolute atomic E-state index is 0.00164. The Hall–Kier alpha value is -4.03. The van der Waals surface area contributed by atoms with E-state index in [1.54, 1.807) is 6.92 Å². The molecule has 3 heterocycles. The number of nitrogens with two attached hydrogens (primary N) is 1. The Kier molecular flexibility index (Phi) is 8.44. The SMILES string of the molecule is Cc1c(-c2ncco2)sc2c1c(=O)n(C(C)(C)C(N)=O)c(=O)n2C[C@H](OC1CCC(=O)CC1)c1ccccc1OC(C)C. The van der Waals surface area contributed by atoms with E-state index in [4.69, 9.17) is 19.6 Å². The van der Waals surface area contributed by atoms with Crippen LogP contribution in [-0.2, 0) is 26.4 Å². The highest BCUT2D eigenvalue weighted by molar-refractivity contribution is 7.22. The van der Waals surface area contributed by atoms with Crippen molar-refractivity contribution in [1.29, 1.82) is 0 Å². The van der Waals surface area contributed by atoms with E-state index in [1.165, 1.54) is 42.2 Å². The number of para-hydroxylation sites is 1. The molecule has 0 unspecified atom stereocenters. The van der Waals surface area contributed by atoms with Crippen LogP contribution in [0, 0.1) is 6.92 Å². The fourth-order valence-corrected chi connectivity index (χ4v) is 6.66. The Morgan fingerprint density at radius 2 is 1.88 bits per heavy atom. The van der Waals surface area contributed by atoms with Crippen molar-refractivity contribution in [3.8, 4) is 16.5 Å². The smallest absolute Gasteiger partial charge is 0.333 e. The highest BCUT2D eigenvalue weighted by Gasteiger charge is 2.35. The number of thiophene rings is 1. The summed E-state index contributed by atoms with van der Waals surface area (Å²) < 4.78 is 20.7. The Morgan fingerprint density at radius 3 is 2.51 bits per heavy atom. The van der Waals surface area contributed by atoms with Crippen LogP contribution < -0.4 is 21.7 Å². The van der Waals surface area contributed by atoms with E-state index in [9.17, 15) is 19.2 Å². The van der Waals surface area contributed by atoms with Gasteiger partial charge in [-0.1, -0.05) is 18.2 Å². The highest BCUT2D eigenvalue weighted by atomic mass is 32.1. The lowest BCUT2D eigenvalue weighted by atomic mass is 9.96. The van der Waals surface area contributed by atoms with Crippen molar-refractivity contribution in [2.45, 2.75) is 90.7 Å². The van der Waals surface area contributed by atoms with Crippen LogP contribution in [0.25, 0.3) is 21.0 Å². The fraction of sp³-hybridized carbons (Fsp3) is 0.452. The molecule has 0 spiro atoms. The van der Waals surface area contributed by atoms with Gasteiger partial charge in [0.05, 0.1) is 35.2 Å². The number of fused-ring (bicyclic) bond motifs is 1. The van der Waals surface area contributed by atoms with Crippen LogP contribution in [0.4, 0.5) is 0 Å².